The maximum Gasteiger partial charge on any atom is 0.279 e. The maximum atomic E-state index is 12.4. The van der Waals surface area contributed by atoms with Crippen molar-refractivity contribution in [2.75, 3.05) is 38.0 Å². The molecule has 2 heterocycles. The van der Waals surface area contributed by atoms with Gasteiger partial charge in [0.25, 0.3) is 11.5 Å². The summed E-state index contributed by atoms with van der Waals surface area (Å²) in [6.07, 6.45) is 1.61. The number of hydrogen-bond acceptors (Lipinski definition) is 3. The van der Waals surface area contributed by atoms with Crippen LogP contribution in [0, 0.1) is 0 Å². The Morgan fingerprint density at radius 1 is 1.07 bits per heavy atom. The molecule has 1 aliphatic heterocycles. The van der Waals surface area contributed by atoms with Gasteiger partial charge < -0.3 is 19.7 Å². The van der Waals surface area contributed by atoms with Crippen molar-refractivity contribution in [2.45, 2.75) is 6.54 Å². The lowest BCUT2D eigenvalue weighted by molar-refractivity contribution is -0.895. The molecule has 1 aromatic carbocycles. The molecule has 1 saturated heterocycles. The first-order chi connectivity index (χ1) is 13.0. The van der Waals surface area contributed by atoms with Crippen molar-refractivity contribution in [3.05, 3.63) is 64.0 Å². The van der Waals surface area contributed by atoms with E-state index in [2.05, 4.69) is 5.32 Å². The van der Waals surface area contributed by atoms with E-state index in [4.69, 9.17) is 11.6 Å². The Bertz CT molecular complexity index is 875. The molecule has 1 fully saturated rings. The zero-order valence-electron chi connectivity index (χ0n) is 14.9. The maximum absolute atomic E-state index is 12.4. The van der Waals surface area contributed by atoms with E-state index in [9.17, 15) is 14.4 Å². The number of anilines is 1. The first-order valence-corrected chi connectivity index (χ1v) is 9.22. The molecule has 1 aromatic heterocycles. The highest BCUT2D eigenvalue weighted by atomic mass is 35.5. The Balaban J connectivity index is 1.46. The molecule has 0 spiro atoms. The van der Waals surface area contributed by atoms with E-state index in [1.54, 1.807) is 35.4 Å². The number of nitrogens with one attached hydrogen (secondary N) is 2. The Labute approximate surface area is 162 Å². The van der Waals surface area contributed by atoms with Crippen LogP contribution >= 0.6 is 11.6 Å². The molecule has 0 aliphatic carbocycles. The topological polar surface area (TPSA) is 75.8 Å². The predicted molar refractivity (Wildman–Crippen MR) is 103 cm³/mol. The molecule has 2 amide bonds. The third kappa shape index (κ3) is 5.18. The number of pyridine rings is 1. The van der Waals surface area contributed by atoms with Crippen LogP contribution in [0.5, 0.6) is 0 Å². The van der Waals surface area contributed by atoms with E-state index in [-0.39, 0.29) is 23.9 Å². The lowest BCUT2D eigenvalue weighted by atomic mass is 10.3. The normalized spacial score (nSPS) is 14.8. The van der Waals surface area contributed by atoms with Crippen molar-refractivity contribution in [2.24, 2.45) is 0 Å². The Hall–Kier alpha value is -2.64. The number of amides is 2. The van der Waals surface area contributed by atoms with Gasteiger partial charge in [0.05, 0.1) is 36.9 Å². The monoisotopic (exact) mass is 389 g/mol. The highest BCUT2D eigenvalue weighted by Gasteiger charge is 2.25. The van der Waals surface area contributed by atoms with Crippen molar-refractivity contribution in [3.8, 4) is 0 Å². The number of aromatic nitrogens is 1. The molecule has 142 valence electrons. The van der Waals surface area contributed by atoms with Crippen LogP contribution < -0.4 is 15.8 Å². The lowest BCUT2D eigenvalue weighted by Gasteiger charge is -2.32. The number of para-hydroxylation sites is 1. The zero-order valence-corrected chi connectivity index (χ0v) is 15.6. The average molecular weight is 390 g/mol. The summed E-state index contributed by atoms with van der Waals surface area (Å²) in [6.45, 7) is 2.87. The molecule has 0 saturated carbocycles. The molecule has 0 bridgehead atoms. The minimum absolute atomic E-state index is 0.0436. The number of carbonyl (C=O) groups is 2. The number of rotatable bonds is 5. The molecule has 2 aromatic rings. The third-order valence-electron chi connectivity index (χ3n) is 4.59. The second-order valence-electron chi connectivity index (χ2n) is 6.50. The SMILES string of the molecule is O=C(C[NH+]1CCN(C(=O)Cn2ccccc2=O)CC1)Nc1ccccc1Cl. The molecule has 8 heteroatoms. The third-order valence-corrected chi connectivity index (χ3v) is 4.92. The van der Waals surface area contributed by atoms with Gasteiger partial charge in [-0.1, -0.05) is 29.8 Å². The number of quaternary nitrogens is 1. The molecule has 0 atom stereocenters. The van der Waals surface area contributed by atoms with Gasteiger partial charge in [-0.15, -0.1) is 0 Å². The van der Waals surface area contributed by atoms with Gasteiger partial charge in [-0.25, -0.2) is 0 Å². The fraction of sp³-hybridized carbons (Fsp3) is 0.316. The molecule has 7 nitrogen and oxygen atoms in total. The van der Waals surface area contributed by atoms with E-state index in [0.717, 1.165) is 4.90 Å². The van der Waals surface area contributed by atoms with Crippen LogP contribution in [0.1, 0.15) is 0 Å². The molecule has 27 heavy (non-hydrogen) atoms. The van der Waals surface area contributed by atoms with Gasteiger partial charge in [-0.05, 0) is 18.2 Å². The van der Waals surface area contributed by atoms with Crippen LogP contribution in [0.2, 0.25) is 5.02 Å². The smallest absolute Gasteiger partial charge is 0.279 e. The summed E-state index contributed by atoms with van der Waals surface area (Å²) < 4.78 is 1.40. The van der Waals surface area contributed by atoms with E-state index in [0.29, 0.717) is 43.4 Å². The first kappa shape index (κ1) is 19.1. The van der Waals surface area contributed by atoms with Gasteiger partial charge in [0.1, 0.15) is 6.54 Å². The van der Waals surface area contributed by atoms with Gasteiger partial charge >= 0.3 is 0 Å². The van der Waals surface area contributed by atoms with Crippen molar-refractivity contribution in [1.82, 2.24) is 9.47 Å². The fourth-order valence-corrected chi connectivity index (χ4v) is 3.25. The lowest BCUT2D eigenvalue weighted by Crippen LogP contribution is -3.15. The van der Waals surface area contributed by atoms with E-state index in [1.807, 2.05) is 12.1 Å². The summed E-state index contributed by atoms with van der Waals surface area (Å²) in [5.41, 5.74) is 0.414. The Kier molecular flexibility index (Phi) is 6.26. The van der Waals surface area contributed by atoms with Crippen molar-refractivity contribution in [3.63, 3.8) is 0 Å². The van der Waals surface area contributed by atoms with E-state index < -0.39 is 0 Å². The second kappa shape index (κ2) is 8.83. The van der Waals surface area contributed by atoms with Crippen LogP contribution in [0.3, 0.4) is 0 Å². The van der Waals surface area contributed by atoms with Gasteiger partial charge in [0.15, 0.2) is 6.54 Å². The molecule has 3 rings (SSSR count). The van der Waals surface area contributed by atoms with E-state index >= 15 is 0 Å². The fourth-order valence-electron chi connectivity index (χ4n) is 3.07. The van der Waals surface area contributed by atoms with Crippen molar-refractivity contribution >= 4 is 29.1 Å². The van der Waals surface area contributed by atoms with Crippen LogP contribution in [-0.4, -0.2) is 54.0 Å². The minimum Gasteiger partial charge on any atom is -0.330 e. The van der Waals surface area contributed by atoms with Gasteiger partial charge in [-0.3, -0.25) is 14.4 Å². The highest BCUT2D eigenvalue weighted by Crippen LogP contribution is 2.19. The van der Waals surface area contributed by atoms with E-state index in [1.165, 1.54) is 10.6 Å². The van der Waals surface area contributed by atoms with Crippen LogP contribution in [0.15, 0.2) is 53.5 Å². The molecule has 1 aliphatic rings. The summed E-state index contributed by atoms with van der Waals surface area (Å²) in [6, 6.07) is 11.9. The molecular formula is C19H22ClN4O3+. The molecule has 2 N–H and O–H groups in total. The Morgan fingerprint density at radius 2 is 1.78 bits per heavy atom. The predicted octanol–water partition coefficient (Wildman–Crippen LogP) is -0.132. The number of benzene rings is 1. The Morgan fingerprint density at radius 3 is 2.48 bits per heavy atom. The number of halogens is 1. The second-order valence-corrected chi connectivity index (χ2v) is 6.91. The van der Waals surface area contributed by atoms with Gasteiger partial charge in [0.2, 0.25) is 5.91 Å². The number of carbonyl (C=O) groups excluding carboxylic acids is 2. The zero-order chi connectivity index (χ0) is 19.2. The van der Waals surface area contributed by atoms with Crippen LogP contribution in [0.25, 0.3) is 0 Å². The van der Waals surface area contributed by atoms with Gasteiger partial charge in [-0.2, -0.15) is 0 Å². The summed E-state index contributed by atoms with van der Waals surface area (Å²) in [4.78, 5) is 39.2. The van der Waals surface area contributed by atoms with Crippen molar-refractivity contribution < 1.29 is 14.5 Å². The number of piperazine rings is 1. The van der Waals surface area contributed by atoms with Crippen LogP contribution in [0.4, 0.5) is 5.69 Å². The number of hydrogen-bond donors (Lipinski definition) is 2. The summed E-state index contributed by atoms with van der Waals surface area (Å²) >= 11 is 6.05. The molecule has 0 radical (unpaired) electrons. The number of nitrogens with zero attached hydrogens (tertiary/aromatic N) is 2. The summed E-state index contributed by atoms with van der Waals surface area (Å²) in [5.74, 6) is -0.184. The average Bonchev–Trinajstić information content (AvgIpc) is 2.66. The minimum atomic E-state index is -0.189. The van der Waals surface area contributed by atoms with Crippen LogP contribution in [-0.2, 0) is 16.1 Å². The standard InChI is InChI=1S/C19H21ClN4O3/c20-15-5-1-2-6-16(15)21-17(25)13-22-9-11-23(12-10-22)19(27)14-24-8-4-3-7-18(24)26/h1-8H,9-14H2,(H,21,25)/p+1. The quantitative estimate of drug-likeness (QED) is 0.748. The first-order valence-electron chi connectivity index (χ1n) is 8.84. The molecule has 0 unspecified atom stereocenters. The van der Waals surface area contributed by atoms with Crippen molar-refractivity contribution in [1.29, 1.82) is 0 Å². The molecular weight excluding hydrogens is 368 g/mol. The van der Waals surface area contributed by atoms with Gasteiger partial charge in [0, 0.05) is 12.3 Å². The summed E-state index contributed by atoms with van der Waals surface area (Å²) in [5, 5.41) is 3.33. The highest BCUT2D eigenvalue weighted by molar-refractivity contribution is 6.33. The largest absolute Gasteiger partial charge is 0.330 e. The summed E-state index contributed by atoms with van der Waals surface area (Å²) in [7, 11) is 0.